The molecule has 0 fully saturated rings. The highest BCUT2D eigenvalue weighted by Gasteiger charge is 2.27. The lowest BCUT2D eigenvalue weighted by atomic mass is 9.92. The van der Waals surface area contributed by atoms with Gasteiger partial charge in [-0.15, -0.1) is 0 Å². The monoisotopic (exact) mass is 356 g/mol. The third kappa shape index (κ3) is 3.10. The first-order valence-electron chi connectivity index (χ1n) is 8.92. The summed E-state index contributed by atoms with van der Waals surface area (Å²) in [7, 11) is 0. The largest absolute Gasteiger partial charge is 0.348 e. The van der Waals surface area contributed by atoms with Crippen molar-refractivity contribution >= 4 is 17.5 Å². The third-order valence-electron chi connectivity index (χ3n) is 4.92. The van der Waals surface area contributed by atoms with Gasteiger partial charge in [0.1, 0.15) is 0 Å². The van der Waals surface area contributed by atoms with Crippen molar-refractivity contribution in [3.05, 3.63) is 88.5 Å². The number of carbonyl (C=O) groups is 2. The lowest BCUT2D eigenvalue weighted by Crippen LogP contribution is -2.17. The normalized spacial score (nSPS) is 12.4. The first kappa shape index (κ1) is 17.0. The van der Waals surface area contributed by atoms with E-state index in [4.69, 9.17) is 0 Å². The van der Waals surface area contributed by atoms with Crippen LogP contribution in [0.3, 0.4) is 0 Å². The highest BCUT2D eigenvalue weighted by Crippen LogP contribution is 2.35. The van der Waals surface area contributed by atoms with E-state index in [2.05, 4.69) is 42.7 Å². The molecular weight excluding hydrogens is 336 g/mol. The highest BCUT2D eigenvalue weighted by atomic mass is 16.2. The Morgan fingerprint density at radius 1 is 0.963 bits per heavy atom. The molecule has 1 aliphatic heterocycles. The van der Waals surface area contributed by atoms with E-state index in [-0.39, 0.29) is 11.8 Å². The van der Waals surface area contributed by atoms with Crippen LogP contribution in [0.1, 0.15) is 37.4 Å². The Morgan fingerprint density at radius 3 is 2.44 bits per heavy atom. The SMILES string of the molecule is Cc1ccc(-c2ccc(NC(=O)c3ccccc3)c3c2CNC3=O)c(C)c1. The molecule has 2 N–H and O–H groups in total. The molecule has 3 aromatic rings. The number of amides is 2. The molecule has 0 atom stereocenters. The van der Waals surface area contributed by atoms with Gasteiger partial charge < -0.3 is 10.6 Å². The van der Waals surface area contributed by atoms with Crippen molar-refractivity contribution in [2.24, 2.45) is 0 Å². The first-order chi connectivity index (χ1) is 13.0. The van der Waals surface area contributed by atoms with Crippen LogP contribution in [0.2, 0.25) is 0 Å². The summed E-state index contributed by atoms with van der Waals surface area (Å²) in [6.45, 7) is 4.60. The number of benzene rings is 3. The van der Waals surface area contributed by atoms with E-state index in [1.165, 1.54) is 5.56 Å². The van der Waals surface area contributed by atoms with Crippen LogP contribution in [0.5, 0.6) is 0 Å². The third-order valence-corrected chi connectivity index (χ3v) is 4.92. The molecule has 3 aromatic carbocycles. The Kier molecular flexibility index (Phi) is 4.24. The van der Waals surface area contributed by atoms with Crippen molar-refractivity contribution in [2.45, 2.75) is 20.4 Å². The predicted octanol–water partition coefficient (Wildman–Crippen LogP) is 4.47. The fourth-order valence-corrected chi connectivity index (χ4v) is 3.60. The number of aryl methyl sites for hydroxylation is 2. The smallest absolute Gasteiger partial charge is 0.255 e. The van der Waals surface area contributed by atoms with Gasteiger partial charge in [-0.1, -0.05) is 48.0 Å². The van der Waals surface area contributed by atoms with Crippen molar-refractivity contribution in [3.63, 3.8) is 0 Å². The average molecular weight is 356 g/mol. The number of nitrogens with one attached hydrogen (secondary N) is 2. The molecule has 0 saturated carbocycles. The summed E-state index contributed by atoms with van der Waals surface area (Å²) in [5.74, 6) is -0.378. The van der Waals surface area contributed by atoms with Crippen LogP contribution in [-0.4, -0.2) is 11.8 Å². The quantitative estimate of drug-likeness (QED) is 0.728. The van der Waals surface area contributed by atoms with E-state index in [1.807, 2.05) is 30.3 Å². The number of rotatable bonds is 3. The van der Waals surface area contributed by atoms with Gasteiger partial charge in [0.15, 0.2) is 0 Å². The fraction of sp³-hybridized carbons (Fsp3) is 0.130. The molecule has 4 rings (SSSR count). The standard InChI is InChI=1S/C23H20N2O2/c1-14-8-9-17(15(2)12-14)18-10-11-20(21-19(18)13-24-23(21)27)25-22(26)16-6-4-3-5-7-16/h3-12H,13H2,1-2H3,(H,24,27)(H,25,26). The molecule has 1 heterocycles. The molecule has 0 aromatic heterocycles. The predicted molar refractivity (Wildman–Crippen MR) is 107 cm³/mol. The minimum absolute atomic E-state index is 0.153. The summed E-state index contributed by atoms with van der Waals surface area (Å²) >= 11 is 0. The summed E-state index contributed by atoms with van der Waals surface area (Å²) < 4.78 is 0. The van der Waals surface area contributed by atoms with E-state index in [9.17, 15) is 9.59 Å². The molecule has 0 saturated heterocycles. The van der Waals surface area contributed by atoms with Crippen molar-refractivity contribution in [2.75, 3.05) is 5.32 Å². The lowest BCUT2D eigenvalue weighted by Gasteiger charge is -2.14. The van der Waals surface area contributed by atoms with E-state index >= 15 is 0 Å². The van der Waals surface area contributed by atoms with Crippen molar-refractivity contribution in [3.8, 4) is 11.1 Å². The Bertz CT molecular complexity index is 1060. The van der Waals surface area contributed by atoms with Gasteiger partial charge in [-0.25, -0.2) is 0 Å². The van der Waals surface area contributed by atoms with Crippen LogP contribution in [-0.2, 0) is 6.54 Å². The molecule has 4 nitrogen and oxygen atoms in total. The number of hydrogen-bond donors (Lipinski definition) is 2. The zero-order chi connectivity index (χ0) is 19.0. The molecule has 0 bridgehead atoms. The van der Waals surface area contributed by atoms with Gasteiger partial charge in [0.25, 0.3) is 11.8 Å². The van der Waals surface area contributed by atoms with E-state index in [0.717, 1.165) is 22.3 Å². The molecule has 0 spiro atoms. The molecule has 4 heteroatoms. The second-order valence-electron chi connectivity index (χ2n) is 6.84. The van der Waals surface area contributed by atoms with Gasteiger partial charge in [-0.05, 0) is 54.3 Å². The summed E-state index contributed by atoms with van der Waals surface area (Å²) in [4.78, 5) is 25.0. The number of fused-ring (bicyclic) bond motifs is 1. The van der Waals surface area contributed by atoms with Gasteiger partial charge in [0.05, 0.1) is 11.3 Å². The van der Waals surface area contributed by atoms with Gasteiger partial charge in [0.2, 0.25) is 0 Å². The zero-order valence-electron chi connectivity index (χ0n) is 15.3. The van der Waals surface area contributed by atoms with Crippen LogP contribution in [0.4, 0.5) is 5.69 Å². The van der Waals surface area contributed by atoms with Gasteiger partial charge in [-0.2, -0.15) is 0 Å². The Balaban J connectivity index is 1.77. The Morgan fingerprint density at radius 2 is 1.70 bits per heavy atom. The Labute approximate surface area is 158 Å². The fourth-order valence-electron chi connectivity index (χ4n) is 3.60. The van der Waals surface area contributed by atoms with Gasteiger partial charge >= 0.3 is 0 Å². The van der Waals surface area contributed by atoms with E-state index in [0.29, 0.717) is 23.4 Å². The Hall–Kier alpha value is -3.40. The summed E-state index contributed by atoms with van der Waals surface area (Å²) in [5, 5.41) is 5.78. The van der Waals surface area contributed by atoms with Crippen molar-refractivity contribution < 1.29 is 9.59 Å². The number of anilines is 1. The molecule has 0 unspecified atom stereocenters. The topological polar surface area (TPSA) is 58.2 Å². The zero-order valence-corrected chi connectivity index (χ0v) is 15.3. The van der Waals surface area contributed by atoms with E-state index < -0.39 is 0 Å². The van der Waals surface area contributed by atoms with Crippen LogP contribution < -0.4 is 10.6 Å². The number of carbonyl (C=O) groups excluding carboxylic acids is 2. The first-order valence-corrected chi connectivity index (χ1v) is 8.92. The van der Waals surface area contributed by atoms with Gasteiger partial charge in [0, 0.05) is 12.1 Å². The maximum atomic E-state index is 12.5. The minimum atomic E-state index is -0.225. The second-order valence-corrected chi connectivity index (χ2v) is 6.84. The average Bonchev–Trinajstić information content (AvgIpc) is 3.06. The summed E-state index contributed by atoms with van der Waals surface area (Å²) in [6, 6.07) is 19.1. The van der Waals surface area contributed by atoms with Crippen LogP contribution in [0, 0.1) is 13.8 Å². The second kappa shape index (κ2) is 6.72. The minimum Gasteiger partial charge on any atom is -0.348 e. The molecule has 0 radical (unpaired) electrons. The molecular formula is C23H20N2O2. The molecule has 1 aliphatic rings. The lowest BCUT2D eigenvalue weighted by molar-refractivity contribution is 0.0966. The maximum Gasteiger partial charge on any atom is 0.255 e. The van der Waals surface area contributed by atoms with Gasteiger partial charge in [-0.3, -0.25) is 9.59 Å². The molecule has 2 amide bonds. The van der Waals surface area contributed by atoms with Crippen LogP contribution >= 0.6 is 0 Å². The highest BCUT2D eigenvalue weighted by molar-refractivity contribution is 6.11. The van der Waals surface area contributed by atoms with Crippen LogP contribution in [0.25, 0.3) is 11.1 Å². The van der Waals surface area contributed by atoms with Crippen molar-refractivity contribution in [1.82, 2.24) is 5.32 Å². The molecule has 134 valence electrons. The van der Waals surface area contributed by atoms with Crippen molar-refractivity contribution in [1.29, 1.82) is 0 Å². The number of hydrogen-bond acceptors (Lipinski definition) is 2. The molecule has 0 aliphatic carbocycles. The molecule has 27 heavy (non-hydrogen) atoms. The van der Waals surface area contributed by atoms with E-state index in [1.54, 1.807) is 12.1 Å². The summed E-state index contributed by atoms with van der Waals surface area (Å²) in [6.07, 6.45) is 0. The maximum absolute atomic E-state index is 12.5. The summed E-state index contributed by atoms with van der Waals surface area (Å²) in [5.41, 5.74) is 7.08. The van der Waals surface area contributed by atoms with Crippen LogP contribution in [0.15, 0.2) is 60.7 Å².